The zero-order valence-electron chi connectivity index (χ0n) is 18.0. The van der Waals surface area contributed by atoms with Crippen LogP contribution in [0.5, 0.6) is 11.5 Å². The lowest BCUT2D eigenvalue weighted by molar-refractivity contribution is -0.114. The van der Waals surface area contributed by atoms with Crippen molar-refractivity contribution in [2.75, 3.05) is 29.0 Å². The van der Waals surface area contributed by atoms with Gasteiger partial charge in [-0.15, -0.1) is 0 Å². The fraction of sp³-hybridized carbons (Fsp3) is 0.208. The van der Waals surface area contributed by atoms with Crippen molar-refractivity contribution in [2.45, 2.75) is 13.5 Å². The van der Waals surface area contributed by atoms with Crippen LogP contribution in [0.1, 0.15) is 12.5 Å². The van der Waals surface area contributed by atoms with E-state index in [1.807, 2.05) is 37.3 Å². The molecule has 1 amide bonds. The molecule has 3 aromatic carbocycles. The van der Waals surface area contributed by atoms with Crippen molar-refractivity contribution in [3.63, 3.8) is 0 Å². The number of hydrogen-bond acceptors (Lipinski definition) is 5. The van der Waals surface area contributed by atoms with Crippen molar-refractivity contribution in [3.05, 3.63) is 84.4 Å². The van der Waals surface area contributed by atoms with Gasteiger partial charge in [-0.25, -0.2) is 8.42 Å². The number of hydrogen-bond donors (Lipinski definition) is 1. The predicted molar refractivity (Wildman–Crippen MR) is 126 cm³/mol. The van der Waals surface area contributed by atoms with Gasteiger partial charge in [-0.2, -0.15) is 0 Å². The monoisotopic (exact) mass is 454 g/mol. The molecular formula is C24H26N2O5S. The lowest BCUT2D eigenvalue weighted by Crippen LogP contribution is -2.37. The molecule has 0 atom stereocenters. The van der Waals surface area contributed by atoms with E-state index < -0.39 is 15.9 Å². The number of carbonyl (C=O) groups is 1. The van der Waals surface area contributed by atoms with Crippen molar-refractivity contribution in [1.29, 1.82) is 0 Å². The molecule has 0 aromatic heterocycles. The highest BCUT2D eigenvalue weighted by atomic mass is 32.2. The minimum atomic E-state index is -3.68. The summed E-state index contributed by atoms with van der Waals surface area (Å²) in [4.78, 5) is 12.6. The summed E-state index contributed by atoms with van der Waals surface area (Å²) in [5, 5.41) is 2.72. The maximum Gasteiger partial charge on any atom is 0.245 e. The summed E-state index contributed by atoms with van der Waals surface area (Å²) in [5.74, 6) is 0.734. The molecule has 0 radical (unpaired) electrons. The number of amides is 1. The zero-order valence-corrected chi connectivity index (χ0v) is 18.8. The molecule has 0 bridgehead atoms. The van der Waals surface area contributed by atoms with Gasteiger partial charge in [-0.3, -0.25) is 9.10 Å². The second kappa shape index (κ2) is 10.7. The molecule has 0 saturated carbocycles. The SMILES string of the molecule is CCOc1cccc(N(CC(=O)Nc2ccc(OCc3ccccc3)cc2)S(C)(=O)=O)c1. The third kappa shape index (κ3) is 6.75. The van der Waals surface area contributed by atoms with Gasteiger partial charge >= 0.3 is 0 Å². The van der Waals surface area contributed by atoms with E-state index in [0.29, 0.717) is 36.1 Å². The van der Waals surface area contributed by atoms with Crippen molar-refractivity contribution < 1.29 is 22.7 Å². The van der Waals surface area contributed by atoms with Crippen LogP contribution in [-0.2, 0) is 21.4 Å². The molecule has 1 N–H and O–H groups in total. The average Bonchev–Trinajstić information content (AvgIpc) is 2.77. The normalized spacial score (nSPS) is 10.9. The quantitative estimate of drug-likeness (QED) is 0.499. The highest BCUT2D eigenvalue weighted by Gasteiger charge is 2.21. The molecule has 8 heteroatoms. The molecule has 0 heterocycles. The summed E-state index contributed by atoms with van der Waals surface area (Å²) in [6.45, 7) is 2.37. The third-order valence-electron chi connectivity index (χ3n) is 4.49. The zero-order chi connectivity index (χ0) is 23.0. The maximum absolute atomic E-state index is 12.6. The minimum absolute atomic E-state index is 0.359. The van der Waals surface area contributed by atoms with Gasteiger partial charge in [0.2, 0.25) is 15.9 Å². The van der Waals surface area contributed by atoms with Gasteiger partial charge in [0, 0.05) is 11.8 Å². The topological polar surface area (TPSA) is 84.9 Å². The summed E-state index contributed by atoms with van der Waals surface area (Å²) >= 11 is 0. The Morgan fingerprint density at radius 3 is 2.28 bits per heavy atom. The molecule has 0 fully saturated rings. The first-order chi connectivity index (χ1) is 15.3. The predicted octanol–water partition coefficient (Wildman–Crippen LogP) is 4.07. The Bertz CT molecular complexity index is 1130. The second-order valence-corrected chi connectivity index (χ2v) is 8.95. The van der Waals surface area contributed by atoms with Gasteiger partial charge in [-0.05, 0) is 48.9 Å². The van der Waals surface area contributed by atoms with Crippen molar-refractivity contribution in [1.82, 2.24) is 0 Å². The summed E-state index contributed by atoms with van der Waals surface area (Å²) in [6, 6.07) is 23.3. The summed E-state index contributed by atoms with van der Waals surface area (Å²) in [5.41, 5.74) is 1.95. The lowest BCUT2D eigenvalue weighted by Gasteiger charge is -2.22. The standard InChI is InChI=1S/C24H26N2O5S/c1-3-30-23-11-7-10-21(16-23)26(32(2,28)29)17-24(27)25-20-12-14-22(15-13-20)31-18-19-8-5-4-6-9-19/h4-16H,3,17-18H2,1-2H3,(H,25,27). The first-order valence-corrected chi connectivity index (χ1v) is 12.0. The van der Waals surface area contributed by atoms with E-state index in [1.165, 1.54) is 0 Å². The third-order valence-corrected chi connectivity index (χ3v) is 5.63. The molecule has 0 unspecified atom stereocenters. The van der Waals surface area contributed by atoms with Gasteiger partial charge in [-0.1, -0.05) is 36.4 Å². The smallest absolute Gasteiger partial charge is 0.245 e. The molecule has 0 aliphatic rings. The Kier molecular flexibility index (Phi) is 7.72. The van der Waals surface area contributed by atoms with Crippen LogP contribution in [0.15, 0.2) is 78.9 Å². The molecule has 0 aliphatic heterocycles. The van der Waals surface area contributed by atoms with Crippen LogP contribution < -0.4 is 19.1 Å². The average molecular weight is 455 g/mol. The number of nitrogens with one attached hydrogen (secondary N) is 1. The molecule has 3 aromatic rings. The number of sulfonamides is 1. The molecule has 3 rings (SSSR count). The highest BCUT2D eigenvalue weighted by molar-refractivity contribution is 7.92. The van der Waals surface area contributed by atoms with E-state index >= 15 is 0 Å². The highest BCUT2D eigenvalue weighted by Crippen LogP contribution is 2.24. The summed E-state index contributed by atoms with van der Waals surface area (Å²) in [6.07, 6.45) is 1.06. The lowest BCUT2D eigenvalue weighted by atomic mass is 10.2. The number of carbonyl (C=O) groups excluding carboxylic acids is 1. The molecule has 0 saturated heterocycles. The summed E-state index contributed by atoms with van der Waals surface area (Å²) in [7, 11) is -3.68. The molecule has 7 nitrogen and oxygen atoms in total. The van der Waals surface area contributed by atoms with Gasteiger partial charge in [0.1, 0.15) is 24.7 Å². The van der Waals surface area contributed by atoms with E-state index in [0.717, 1.165) is 16.1 Å². The number of ether oxygens (including phenoxy) is 2. The van der Waals surface area contributed by atoms with Gasteiger partial charge in [0.25, 0.3) is 0 Å². The van der Waals surface area contributed by atoms with Crippen LogP contribution >= 0.6 is 0 Å². The Labute approximate surface area is 188 Å². The Hall–Kier alpha value is -3.52. The second-order valence-electron chi connectivity index (χ2n) is 7.05. The van der Waals surface area contributed by atoms with E-state index in [9.17, 15) is 13.2 Å². The van der Waals surface area contributed by atoms with E-state index in [-0.39, 0.29) is 6.54 Å². The molecule has 168 valence electrons. The van der Waals surface area contributed by atoms with Gasteiger partial charge < -0.3 is 14.8 Å². The Morgan fingerprint density at radius 1 is 0.906 bits per heavy atom. The minimum Gasteiger partial charge on any atom is -0.494 e. The van der Waals surface area contributed by atoms with Gasteiger partial charge in [0.15, 0.2) is 0 Å². The van der Waals surface area contributed by atoms with Crippen LogP contribution in [0.25, 0.3) is 0 Å². The molecule has 32 heavy (non-hydrogen) atoms. The number of anilines is 2. The van der Waals surface area contributed by atoms with E-state index in [4.69, 9.17) is 9.47 Å². The molecular weight excluding hydrogens is 428 g/mol. The maximum atomic E-state index is 12.6. The number of nitrogens with zero attached hydrogens (tertiary/aromatic N) is 1. The van der Waals surface area contributed by atoms with Crippen LogP contribution in [0, 0.1) is 0 Å². The molecule has 0 aliphatic carbocycles. The number of benzene rings is 3. The van der Waals surface area contributed by atoms with Crippen molar-refractivity contribution >= 4 is 27.3 Å². The number of rotatable bonds is 10. The van der Waals surface area contributed by atoms with Crippen molar-refractivity contribution in [2.24, 2.45) is 0 Å². The van der Waals surface area contributed by atoms with Crippen LogP contribution in [0.4, 0.5) is 11.4 Å². The fourth-order valence-corrected chi connectivity index (χ4v) is 3.85. The van der Waals surface area contributed by atoms with E-state index in [1.54, 1.807) is 48.5 Å². The van der Waals surface area contributed by atoms with Crippen molar-refractivity contribution in [3.8, 4) is 11.5 Å². The van der Waals surface area contributed by atoms with Gasteiger partial charge in [0.05, 0.1) is 18.6 Å². The van der Waals surface area contributed by atoms with Crippen LogP contribution in [0.2, 0.25) is 0 Å². The largest absolute Gasteiger partial charge is 0.494 e. The first-order valence-electron chi connectivity index (χ1n) is 10.1. The van der Waals surface area contributed by atoms with Crippen LogP contribution in [0.3, 0.4) is 0 Å². The first kappa shape index (κ1) is 23.1. The van der Waals surface area contributed by atoms with Crippen LogP contribution in [-0.4, -0.2) is 33.7 Å². The fourth-order valence-electron chi connectivity index (χ4n) is 3.00. The van der Waals surface area contributed by atoms with E-state index in [2.05, 4.69) is 5.32 Å². The summed E-state index contributed by atoms with van der Waals surface area (Å²) < 4.78 is 36.8. The Morgan fingerprint density at radius 2 is 1.62 bits per heavy atom. The molecule has 0 spiro atoms. The Balaban J connectivity index is 1.63.